The van der Waals surface area contributed by atoms with E-state index in [0.717, 1.165) is 36.9 Å². The predicted molar refractivity (Wildman–Crippen MR) is 130 cm³/mol. The minimum atomic E-state index is -0.459. The first-order valence-electron chi connectivity index (χ1n) is 11.5. The molecule has 2 aromatic heterocycles. The molecule has 1 unspecified atom stereocenters. The minimum Gasteiger partial charge on any atom is -0.421 e. The average Bonchev–Trinajstić information content (AvgIpc) is 2.83. The Balaban J connectivity index is 1.56. The molecule has 34 heavy (non-hydrogen) atoms. The van der Waals surface area contributed by atoms with Crippen molar-refractivity contribution < 1.29 is 9.13 Å². The number of aryl methyl sites for hydroxylation is 3. The van der Waals surface area contributed by atoms with Gasteiger partial charge in [-0.15, -0.1) is 0 Å². The van der Waals surface area contributed by atoms with Gasteiger partial charge in [-0.3, -0.25) is 4.79 Å². The largest absolute Gasteiger partial charge is 0.421 e. The van der Waals surface area contributed by atoms with Crippen molar-refractivity contribution in [2.24, 2.45) is 7.05 Å². The van der Waals surface area contributed by atoms with Gasteiger partial charge in [-0.25, -0.2) is 4.39 Å². The van der Waals surface area contributed by atoms with E-state index >= 15 is 0 Å². The molecule has 2 heterocycles. The zero-order chi connectivity index (χ0) is 23.7. The van der Waals surface area contributed by atoms with Gasteiger partial charge in [0.15, 0.2) is 11.6 Å². The highest BCUT2D eigenvalue weighted by Crippen LogP contribution is 2.35. The van der Waals surface area contributed by atoms with Crippen molar-refractivity contribution in [3.05, 3.63) is 105 Å². The van der Waals surface area contributed by atoms with Crippen molar-refractivity contribution in [2.75, 3.05) is 0 Å². The third kappa shape index (κ3) is 4.49. The molecular weight excluding hydrogens is 429 g/mol. The molecule has 6 heteroatoms. The van der Waals surface area contributed by atoms with Crippen LogP contribution in [0.2, 0.25) is 0 Å². The van der Waals surface area contributed by atoms with Gasteiger partial charge in [0.1, 0.15) is 0 Å². The van der Waals surface area contributed by atoms with Crippen LogP contribution >= 0.6 is 0 Å². The van der Waals surface area contributed by atoms with Crippen LogP contribution in [0.25, 0.3) is 11.3 Å². The molecule has 0 saturated heterocycles. The van der Waals surface area contributed by atoms with Crippen molar-refractivity contribution in [2.45, 2.75) is 38.5 Å². The van der Waals surface area contributed by atoms with Crippen molar-refractivity contribution in [3.63, 3.8) is 0 Å². The van der Waals surface area contributed by atoms with E-state index in [2.05, 4.69) is 34.2 Å². The van der Waals surface area contributed by atoms with Crippen molar-refractivity contribution in [1.82, 2.24) is 14.5 Å². The lowest BCUT2D eigenvalue weighted by molar-refractivity contribution is 0.405. The van der Waals surface area contributed by atoms with Gasteiger partial charge in [0, 0.05) is 30.6 Å². The second-order valence-corrected chi connectivity index (χ2v) is 8.87. The molecule has 172 valence electrons. The number of halogens is 1. The minimum absolute atomic E-state index is 0.0960. The molecule has 0 aliphatic heterocycles. The van der Waals surface area contributed by atoms with Crippen LogP contribution in [0.5, 0.6) is 11.8 Å². The molecule has 0 N–H and O–H groups in total. The third-order valence-electron chi connectivity index (χ3n) is 6.45. The lowest BCUT2D eigenvalue weighted by Crippen LogP contribution is -2.15. The van der Waals surface area contributed by atoms with E-state index in [0.29, 0.717) is 17.2 Å². The van der Waals surface area contributed by atoms with Crippen LogP contribution in [0.4, 0.5) is 4.39 Å². The first-order chi connectivity index (χ1) is 16.5. The van der Waals surface area contributed by atoms with Gasteiger partial charge >= 0.3 is 6.01 Å². The van der Waals surface area contributed by atoms with E-state index in [1.54, 1.807) is 38.4 Å². The number of aromatic nitrogens is 3. The van der Waals surface area contributed by atoms with Crippen LogP contribution in [0.1, 0.15) is 41.1 Å². The molecule has 1 atom stereocenters. The Labute approximate surface area is 197 Å². The van der Waals surface area contributed by atoms with Crippen molar-refractivity contribution >= 4 is 0 Å². The van der Waals surface area contributed by atoms with Crippen LogP contribution < -0.4 is 10.3 Å². The summed E-state index contributed by atoms with van der Waals surface area (Å²) in [6.45, 7) is 1.79. The summed E-state index contributed by atoms with van der Waals surface area (Å²) < 4.78 is 21.9. The molecule has 4 aromatic rings. The van der Waals surface area contributed by atoms with Gasteiger partial charge in [0.2, 0.25) is 5.56 Å². The number of para-hydroxylation sites is 1. The lowest BCUT2D eigenvalue weighted by atomic mass is 9.80. The molecule has 2 aromatic carbocycles. The quantitative estimate of drug-likeness (QED) is 0.385. The first-order valence-corrected chi connectivity index (χ1v) is 11.5. The summed E-state index contributed by atoms with van der Waals surface area (Å²) in [5.41, 5.74) is 5.55. The normalized spacial score (nSPS) is 15.1. The van der Waals surface area contributed by atoms with E-state index in [4.69, 9.17) is 4.74 Å². The molecule has 1 aliphatic carbocycles. The van der Waals surface area contributed by atoms with Crippen molar-refractivity contribution in [3.8, 4) is 23.0 Å². The monoisotopic (exact) mass is 455 g/mol. The van der Waals surface area contributed by atoms with E-state index in [9.17, 15) is 9.18 Å². The average molecular weight is 456 g/mol. The van der Waals surface area contributed by atoms with Crippen LogP contribution in [-0.4, -0.2) is 14.5 Å². The number of ether oxygens (including phenoxy) is 1. The van der Waals surface area contributed by atoms with Gasteiger partial charge in [0.25, 0.3) is 0 Å². The molecule has 5 nitrogen and oxygen atoms in total. The van der Waals surface area contributed by atoms with Crippen LogP contribution in [-0.2, 0) is 19.9 Å². The van der Waals surface area contributed by atoms with E-state index < -0.39 is 5.82 Å². The maximum Gasteiger partial charge on any atom is 0.322 e. The fraction of sp³-hybridized carbons (Fsp3) is 0.250. The molecule has 0 spiro atoms. The lowest BCUT2D eigenvalue weighted by Gasteiger charge is -2.25. The SMILES string of the molecule is Cc1cccc(F)c1Oc1nc(CC2CCCc3ccccc32)cc(-c2ccc(=O)n(C)c2)n1. The van der Waals surface area contributed by atoms with Gasteiger partial charge < -0.3 is 9.30 Å². The maximum absolute atomic E-state index is 14.5. The highest BCUT2D eigenvalue weighted by molar-refractivity contribution is 5.58. The second kappa shape index (κ2) is 9.21. The number of fused-ring (bicyclic) bond motifs is 1. The number of benzene rings is 2. The molecule has 1 aliphatic rings. The molecule has 0 radical (unpaired) electrons. The molecule has 0 bridgehead atoms. The Bertz CT molecular complexity index is 1390. The Morgan fingerprint density at radius 2 is 1.94 bits per heavy atom. The van der Waals surface area contributed by atoms with Gasteiger partial charge in [-0.1, -0.05) is 36.4 Å². The second-order valence-electron chi connectivity index (χ2n) is 8.87. The summed E-state index contributed by atoms with van der Waals surface area (Å²) in [7, 11) is 1.70. The van der Waals surface area contributed by atoms with E-state index in [-0.39, 0.29) is 17.3 Å². The predicted octanol–water partition coefficient (Wildman–Crippen LogP) is 5.74. The van der Waals surface area contributed by atoms with E-state index in [1.807, 2.05) is 6.07 Å². The topological polar surface area (TPSA) is 57.0 Å². The maximum atomic E-state index is 14.5. The Morgan fingerprint density at radius 3 is 2.76 bits per heavy atom. The highest BCUT2D eigenvalue weighted by Gasteiger charge is 2.22. The summed E-state index contributed by atoms with van der Waals surface area (Å²) in [5.74, 6) is 0.00354. The Kier molecular flexibility index (Phi) is 5.97. The summed E-state index contributed by atoms with van der Waals surface area (Å²) in [6, 6.07) is 18.7. The molecular formula is C28H26FN3O2. The van der Waals surface area contributed by atoms with Gasteiger partial charge in [0.05, 0.1) is 5.69 Å². The molecule has 0 amide bonds. The zero-order valence-electron chi connectivity index (χ0n) is 19.3. The van der Waals surface area contributed by atoms with E-state index in [1.165, 1.54) is 27.8 Å². The highest BCUT2D eigenvalue weighted by atomic mass is 19.1. The standard InChI is InChI=1S/C28H26FN3O2/c1-18-7-5-12-24(29)27(18)34-28-30-22(15-20-10-6-9-19-8-3-4-11-23(19)20)16-25(31-28)21-13-14-26(33)32(2)17-21/h3-5,7-8,11-14,16-17,20H,6,9-10,15H2,1-2H3. The fourth-order valence-corrected chi connectivity index (χ4v) is 4.67. The number of hydrogen-bond donors (Lipinski definition) is 0. The first kappa shape index (κ1) is 22.0. The molecule has 5 rings (SSSR count). The van der Waals surface area contributed by atoms with Crippen molar-refractivity contribution in [1.29, 1.82) is 0 Å². The number of nitrogens with zero attached hydrogens (tertiary/aromatic N) is 3. The molecule has 0 fully saturated rings. The summed E-state index contributed by atoms with van der Waals surface area (Å²) in [5, 5.41) is 0. The van der Waals surface area contributed by atoms with Gasteiger partial charge in [-0.2, -0.15) is 9.97 Å². The third-order valence-corrected chi connectivity index (χ3v) is 6.45. The fourth-order valence-electron chi connectivity index (χ4n) is 4.67. The number of pyridine rings is 1. The van der Waals surface area contributed by atoms with Crippen LogP contribution in [0.3, 0.4) is 0 Å². The summed E-state index contributed by atoms with van der Waals surface area (Å²) in [4.78, 5) is 21.1. The summed E-state index contributed by atoms with van der Waals surface area (Å²) >= 11 is 0. The zero-order valence-corrected chi connectivity index (χ0v) is 19.3. The Hall–Kier alpha value is -3.80. The van der Waals surface area contributed by atoms with Gasteiger partial charge in [-0.05, 0) is 73.4 Å². The smallest absolute Gasteiger partial charge is 0.322 e. The summed E-state index contributed by atoms with van der Waals surface area (Å²) in [6.07, 6.45) is 5.78. The Morgan fingerprint density at radius 1 is 1.09 bits per heavy atom. The number of hydrogen-bond acceptors (Lipinski definition) is 4. The number of rotatable bonds is 5. The van der Waals surface area contributed by atoms with Crippen LogP contribution in [0, 0.1) is 12.7 Å². The molecule has 0 saturated carbocycles. The van der Waals surface area contributed by atoms with Crippen LogP contribution in [0.15, 0.2) is 71.7 Å².